The predicted molar refractivity (Wildman–Crippen MR) is 103 cm³/mol. The molecule has 30 heavy (non-hydrogen) atoms. The topological polar surface area (TPSA) is 157 Å². The number of aromatic nitrogens is 1. The Morgan fingerprint density at radius 2 is 2.03 bits per heavy atom. The molecule has 3 rings (SSSR count). The van der Waals surface area contributed by atoms with Crippen LogP contribution in [-0.2, 0) is 25.7 Å². The zero-order chi connectivity index (χ0) is 21.8. The van der Waals surface area contributed by atoms with E-state index >= 15 is 0 Å². The number of hydrogen-bond acceptors (Lipinski definition) is 7. The Morgan fingerprint density at radius 3 is 2.67 bits per heavy atom. The first-order chi connectivity index (χ1) is 14.3. The summed E-state index contributed by atoms with van der Waals surface area (Å²) < 4.78 is 1.81. The molecule has 2 aliphatic rings. The molecular formula is C19H22N4O6S. The maximum Gasteiger partial charge on any atom is 0.320 e. The average molecular weight is 434 g/mol. The largest absolute Gasteiger partial charge is 0.543 e. The summed E-state index contributed by atoms with van der Waals surface area (Å²) in [6, 6.07) is 3.63. The molecule has 3 heterocycles. The molecule has 4 N–H and O–H groups in total. The average Bonchev–Trinajstić information content (AvgIpc) is 2.72. The second-order valence-electron chi connectivity index (χ2n) is 7.08. The summed E-state index contributed by atoms with van der Waals surface area (Å²) in [6.45, 7) is 0.314. The summed E-state index contributed by atoms with van der Waals surface area (Å²) >= 11 is 1.38. The SMILES string of the molecule is N[C@H](CCCC(=O)NC1C(=O)N2C(C(=O)[O-])=C(C[n+]3ccccc3)CSC12)C(=O)O. The van der Waals surface area contributed by atoms with E-state index in [1.54, 1.807) is 12.4 Å². The van der Waals surface area contributed by atoms with Gasteiger partial charge in [0.15, 0.2) is 18.9 Å². The van der Waals surface area contributed by atoms with Gasteiger partial charge in [-0.3, -0.25) is 19.3 Å². The summed E-state index contributed by atoms with van der Waals surface area (Å²) in [7, 11) is 0. The molecule has 0 bridgehead atoms. The summed E-state index contributed by atoms with van der Waals surface area (Å²) in [5.74, 6) is -3.08. The standard InChI is InChI=1S/C19H22N4O6S/c20-12(18(26)27)5-4-6-13(24)21-14-16(25)23-15(19(28)29)11(10-30-17(14)23)9-22-7-2-1-3-8-22/h1-3,7-8,12,14,17H,4-6,9-10,20H2,(H2-,21,24,26,27,28,29)/t12-,14?,17?/m1/s1. The van der Waals surface area contributed by atoms with E-state index in [1.807, 2.05) is 22.8 Å². The molecule has 0 aliphatic carbocycles. The number of β-lactam (4-membered cyclic amide) rings is 1. The third kappa shape index (κ3) is 4.62. The van der Waals surface area contributed by atoms with Crippen LogP contribution in [0.5, 0.6) is 0 Å². The fraction of sp³-hybridized carbons (Fsp3) is 0.421. The molecule has 0 radical (unpaired) electrons. The molecule has 0 saturated carbocycles. The van der Waals surface area contributed by atoms with Crippen molar-refractivity contribution in [2.75, 3.05) is 5.75 Å². The third-order valence-corrected chi connectivity index (χ3v) is 6.28. The van der Waals surface area contributed by atoms with E-state index in [1.165, 1.54) is 16.7 Å². The number of carbonyl (C=O) groups excluding carboxylic acids is 3. The number of nitrogens with two attached hydrogens (primary N) is 1. The Morgan fingerprint density at radius 1 is 1.33 bits per heavy atom. The van der Waals surface area contributed by atoms with E-state index in [0.29, 0.717) is 17.9 Å². The first-order valence-electron chi connectivity index (χ1n) is 9.39. The summed E-state index contributed by atoms with van der Waals surface area (Å²) in [5.41, 5.74) is 5.82. The molecular weight excluding hydrogens is 412 g/mol. The van der Waals surface area contributed by atoms with Crippen LogP contribution in [0.25, 0.3) is 0 Å². The number of carboxylic acid groups (broad SMARTS) is 2. The van der Waals surface area contributed by atoms with Crippen LogP contribution in [0.1, 0.15) is 19.3 Å². The van der Waals surface area contributed by atoms with E-state index in [4.69, 9.17) is 10.8 Å². The Bertz CT molecular complexity index is 890. The van der Waals surface area contributed by atoms with Crippen LogP contribution in [0.4, 0.5) is 0 Å². The number of nitrogens with one attached hydrogen (secondary N) is 1. The van der Waals surface area contributed by atoms with Crippen molar-refractivity contribution in [1.29, 1.82) is 0 Å². The van der Waals surface area contributed by atoms with Gasteiger partial charge in [0.05, 0.1) is 11.7 Å². The van der Waals surface area contributed by atoms with Gasteiger partial charge >= 0.3 is 5.97 Å². The second-order valence-corrected chi connectivity index (χ2v) is 8.18. The minimum absolute atomic E-state index is 0.0290. The summed E-state index contributed by atoms with van der Waals surface area (Å²) in [6.07, 6.45) is 4.04. The van der Waals surface area contributed by atoms with Crippen LogP contribution in [0.2, 0.25) is 0 Å². The fourth-order valence-electron chi connectivity index (χ4n) is 3.40. The summed E-state index contributed by atoms with van der Waals surface area (Å²) in [4.78, 5) is 48.3. The molecule has 3 atom stereocenters. The molecule has 1 fully saturated rings. The lowest BCUT2D eigenvalue weighted by atomic mass is 10.0. The highest BCUT2D eigenvalue weighted by molar-refractivity contribution is 8.00. The van der Waals surface area contributed by atoms with Gasteiger partial charge in [-0.25, -0.2) is 4.57 Å². The first-order valence-corrected chi connectivity index (χ1v) is 10.4. The van der Waals surface area contributed by atoms with Crippen LogP contribution in [-0.4, -0.2) is 57.0 Å². The number of thioether (sulfide) groups is 1. The van der Waals surface area contributed by atoms with Gasteiger partial charge in [-0.15, -0.1) is 11.8 Å². The number of hydrogen-bond donors (Lipinski definition) is 3. The smallest absolute Gasteiger partial charge is 0.320 e. The molecule has 2 unspecified atom stereocenters. The molecule has 1 aromatic heterocycles. The quantitative estimate of drug-likeness (QED) is 0.296. The second kappa shape index (κ2) is 9.26. The fourth-order valence-corrected chi connectivity index (χ4v) is 4.74. The Hall–Kier alpha value is -2.92. The van der Waals surface area contributed by atoms with Crippen molar-refractivity contribution in [2.45, 2.75) is 43.3 Å². The predicted octanol–water partition coefficient (Wildman–Crippen LogP) is -2.04. The lowest BCUT2D eigenvalue weighted by Gasteiger charge is -2.50. The highest BCUT2D eigenvalue weighted by Crippen LogP contribution is 2.40. The Kier molecular flexibility index (Phi) is 6.73. The van der Waals surface area contributed by atoms with Crippen LogP contribution >= 0.6 is 11.8 Å². The number of amides is 2. The van der Waals surface area contributed by atoms with Gasteiger partial charge in [0, 0.05) is 29.9 Å². The van der Waals surface area contributed by atoms with Crippen LogP contribution in [0.3, 0.4) is 0 Å². The van der Waals surface area contributed by atoms with Crippen molar-refractivity contribution in [3.8, 4) is 0 Å². The highest BCUT2D eigenvalue weighted by atomic mass is 32.2. The monoisotopic (exact) mass is 434 g/mol. The number of aliphatic carboxylic acids is 2. The Labute approximate surface area is 176 Å². The number of carboxylic acids is 2. The van der Waals surface area contributed by atoms with Crippen molar-refractivity contribution in [3.63, 3.8) is 0 Å². The lowest BCUT2D eigenvalue weighted by molar-refractivity contribution is -0.689. The molecule has 2 amide bonds. The number of carbonyl (C=O) groups is 4. The van der Waals surface area contributed by atoms with Gasteiger partial charge < -0.3 is 26.1 Å². The molecule has 10 nitrogen and oxygen atoms in total. The van der Waals surface area contributed by atoms with Gasteiger partial charge in [-0.1, -0.05) is 6.07 Å². The minimum atomic E-state index is -1.42. The van der Waals surface area contributed by atoms with Gasteiger partial charge in [0.2, 0.25) is 5.91 Å². The maximum absolute atomic E-state index is 12.6. The normalized spacial score (nSPS) is 21.5. The molecule has 1 saturated heterocycles. The van der Waals surface area contributed by atoms with E-state index in [-0.39, 0.29) is 25.0 Å². The Balaban J connectivity index is 1.62. The molecule has 1 aromatic rings. The van der Waals surface area contributed by atoms with Crippen molar-refractivity contribution in [3.05, 3.63) is 41.9 Å². The lowest BCUT2D eigenvalue weighted by Crippen LogP contribution is -2.71. The van der Waals surface area contributed by atoms with Gasteiger partial charge in [0.25, 0.3) is 5.91 Å². The zero-order valence-electron chi connectivity index (χ0n) is 16.0. The van der Waals surface area contributed by atoms with E-state index in [9.17, 15) is 24.3 Å². The molecule has 11 heteroatoms. The number of rotatable bonds is 9. The van der Waals surface area contributed by atoms with E-state index in [2.05, 4.69) is 5.32 Å². The van der Waals surface area contributed by atoms with Crippen molar-refractivity contribution >= 4 is 35.5 Å². The minimum Gasteiger partial charge on any atom is -0.543 e. The molecule has 160 valence electrons. The number of nitrogens with zero attached hydrogens (tertiary/aromatic N) is 2. The van der Waals surface area contributed by atoms with Crippen LogP contribution in [0, 0.1) is 0 Å². The zero-order valence-corrected chi connectivity index (χ0v) is 16.8. The summed E-state index contributed by atoms with van der Waals surface area (Å²) in [5, 5.41) is 22.6. The maximum atomic E-state index is 12.6. The van der Waals surface area contributed by atoms with Crippen molar-refractivity contribution in [2.24, 2.45) is 5.73 Å². The van der Waals surface area contributed by atoms with E-state index < -0.39 is 41.2 Å². The molecule has 2 aliphatic heterocycles. The molecule has 0 spiro atoms. The van der Waals surface area contributed by atoms with Crippen molar-refractivity contribution in [1.82, 2.24) is 10.2 Å². The highest BCUT2D eigenvalue weighted by Gasteiger charge is 2.53. The van der Waals surface area contributed by atoms with E-state index in [0.717, 1.165) is 0 Å². The van der Waals surface area contributed by atoms with Gasteiger partial charge in [0.1, 0.15) is 17.5 Å². The number of fused-ring (bicyclic) bond motifs is 1. The van der Waals surface area contributed by atoms with Gasteiger partial charge in [-0.2, -0.15) is 0 Å². The first kappa shape index (κ1) is 21.8. The van der Waals surface area contributed by atoms with Crippen LogP contribution in [0.15, 0.2) is 41.9 Å². The molecule has 0 aromatic carbocycles. The van der Waals surface area contributed by atoms with Gasteiger partial charge in [-0.05, 0) is 12.8 Å². The number of pyridine rings is 1. The van der Waals surface area contributed by atoms with Crippen LogP contribution < -0.4 is 20.7 Å². The van der Waals surface area contributed by atoms with Crippen molar-refractivity contribution < 1.29 is 34.0 Å². The third-order valence-electron chi connectivity index (χ3n) is 4.94.